The van der Waals surface area contributed by atoms with Crippen LogP contribution in [0.3, 0.4) is 0 Å². The Morgan fingerprint density at radius 3 is 2.38 bits per heavy atom. The summed E-state index contributed by atoms with van der Waals surface area (Å²) in [4.78, 5) is 25.1. The predicted molar refractivity (Wildman–Crippen MR) is 90.8 cm³/mol. The largest absolute Gasteiger partial charge is 0.490 e. The van der Waals surface area contributed by atoms with Crippen LogP contribution in [0.4, 0.5) is 0 Å². The molecule has 1 aromatic rings. The summed E-state index contributed by atoms with van der Waals surface area (Å²) in [5.41, 5.74) is 5.31. The number of para-hydroxylation sites is 2. The fraction of sp³-hybridized carbons (Fsp3) is 0.556. The third-order valence-electron chi connectivity index (χ3n) is 4.19. The molecule has 0 radical (unpaired) electrons. The summed E-state index contributed by atoms with van der Waals surface area (Å²) in [6.45, 7) is 4.20. The zero-order valence-electron chi connectivity index (χ0n) is 14.2. The van der Waals surface area contributed by atoms with Gasteiger partial charge in [-0.25, -0.2) is 0 Å². The second-order valence-electron chi connectivity index (χ2n) is 5.89. The number of likely N-dealkylation sites (tertiary alicyclic amines) is 1. The van der Waals surface area contributed by atoms with Crippen LogP contribution in [0.2, 0.25) is 0 Å². The van der Waals surface area contributed by atoms with E-state index < -0.39 is 0 Å². The highest BCUT2D eigenvalue weighted by atomic mass is 16.5. The Balaban J connectivity index is 1.69. The van der Waals surface area contributed by atoms with Gasteiger partial charge in [0.05, 0.1) is 13.2 Å². The van der Waals surface area contributed by atoms with Crippen LogP contribution < -0.4 is 15.2 Å². The van der Waals surface area contributed by atoms with Crippen LogP contribution in [0.15, 0.2) is 24.3 Å². The normalized spacial score (nSPS) is 15.1. The molecule has 2 rings (SSSR count). The molecule has 2 N–H and O–H groups in total. The number of carbonyl (C=O) groups is 2. The number of benzene rings is 1. The molecule has 1 aromatic carbocycles. The van der Waals surface area contributed by atoms with Gasteiger partial charge in [0.25, 0.3) is 0 Å². The van der Waals surface area contributed by atoms with E-state index in [1.54, 1.807) is 0 Å². The van der Waals surface area contributed by atoms with Gasteiger partial charge in [-0.05, 0) is 38.3 Å². The van der Waals surface area contributed by atoms with E-state index in [4.69, 9.17) is 15.2 Å². The molecule has 0 unspecified atom stereocenters. The smallest absolute Gasteiger partial charge is 0.222 e. The van der Waals surface area contributed by atoms with E-state index in [-0.39, 0.29) is 17.7 Å². The van der Waals surface area contributed by atoms with Gasteiger partial charge in [-0.2, -0.15) is 0 Å². The molecule has 0 atom stereocenters. The van der Waals surface area contributed by atoms with Crippen molar-refractivity contribution in [2.45, 2.75) is 32.6 Å². The average molecular weight is 334 g/mol. The monoisotopic (exact) mass is 334 g/mol. The van der Waals surface area contributed by atoms with Crippen LogP contribution in [0.1, 0.15) is 32.6 Å². The first-order valence-electron chi connectivity index (χ1n) is 8.53. The number of carbonyl (C=O) groups excluding carboxylic acids is 2. The summed E-state index contributed by atoms with van der Waals surface area (Å²) in [5, 5.41) is 0. The van der Waals surface area contributed by atoms with E-state index in [0.29, 0.717) is 57.7 Å². The van der Waals surface area contributed by atoms with Gasteiger partial charge in [0.15, 0.2) is 11.5 Å². The van der Waals surface area contributed by atoms with Gasteiger partial charge in [0, 0.05) is 25.4 Å². The van der Waals surface area contributed by atoms with Crippen LogP contribution in [0.25, 0.3) is 0 Å². The summed E-state index contributed by atoms with van der Waals surface area (Å²) < 4.78 is 11.2. The maximum Gasteiger partial charge on any atom is 0.222 e. The van der Waals surface area contributed by atoms with Crippen LogP contribution >= 0.6 is 0 Å². The molecular weight excluding hydrogens is 308 g/mol. The first-order chi connectivity index (χ1) is 11.6. The predicted octanol–water partition coefficient (Wildman–Crippen LogP) is 1.97. The Morgan fingerprint density at radius 2 is 1.79 bits per heavy atom. The number of primary amides is 1. The fourth-order valence-corrected chi connectivity index (χ4v) is 2.82. The van der Waals surface area contributed by atoms with Crippen molar-refractivity contribution in [2.75, 3.05) is 26.3 Å². The number of hydrogen-bond donors (Lipinski definition) is 1. The van der Waals surface area contributed by atoms with E-state index in [0.717, 1.165) is 5.75 Å². The second kappa shape index (κ2) is 9.15. The molecule has 0 spiro atoms. The Labute approximate surface area is 142 Å². The number of hydrogen-bond acceptors (Lipinski definition) is 4. The highest BCUT2D eigenvalue weighted by Gasteiger charge is 2.25. The fourth-order valence-electron chi connectivity index (χ4n) is 2.82. The maximum atomic E-state index is 12.2. The molecule has 1 aliphatic rings. The Kier molecular flexibility index (Phi) is 6.90. The molecule has 1 heterocycles. The van der Waals surface area contributed by atoms with Gasteiger partial charge >= 0.3 is 0 Å². The molecule has 1 saturated heterocycles. The Bertz CT molecular complexity index is 554. The Morgan fingerprint density at radius 1 is 1.17 bits per heavy atom. The van der Waals surface area contributed by atoms with E-state index >= 15 is 0 Å². The minimum atomic E-state index is -0.261. The number of nitrogens with two attached hydrogens (primary N) is 1. The number of piperidine rings is 1. The second-order valence-corrected chi connectivity index (χ2v) is 5.89. The molecule has 24 heavy (non-hydrogen) atoms. The third-order valence-corrected chi connectivity index (χ3v) is 4.19. The van der Waals surface area contributed by atoms with Crippen molar-refractivity contribution in [3.05, 3.63) is 24.3 Å². The third kappa shape index (κ3) is 5.15. The molecule has 2 amide bonds. The highest BCUT2D eigenvalue weighted by molar-refractivity contribution is 5.78. The molecule has 1 fully saturated rings. The molecule has 6 nitrogen and oxygen atoms in total. The molecule has 6 heteroatoms. The van der Waals surface area contributed by atoms with E-state index in [1.807, 2.05) is 36.1 Å². The number of amides is 2. The summed E-state index contributed by atoms with van der Waals surface area (Å²) in [5.74, 6) is 1.18. The molecule has 0 bridgehead atoms. The summed E-state index contributed by atoms with van der Waals surface area (Å²) in [6, 6.07) is 7.53. The van der Waals surface area contributed by atoms with Crippen molar-refractivity contribution in [1.29, 1.82) is 0 Å². The number of rotatable bonds is 8. The molecule has 1 aliphatic heterocycles. The average Bonchev–Trinajstić information content (AvgIpc) is 2.60. The van der Waals surface area contributed by atoms with Crippen molar-refractivity contribution in [2.24, 2.45) is 11.7 Å². The van der Waals surface area contributed by atoms with E-state index in [1.165, 1.54) is 0 Å². The van der Waals surface area contributed by atoms with Gasteiger partial charge in [-0.3, -0.25) is 9.59 Å². The van der Waals surface area contributed by atoms with Crippen molar-refractivity contribution in [3.8, 4) is 11.5 Å². The van der Waals surface area contributed by atoms with Gasteiger partial charge in [0.2, 0.25) is 11.8 Å². The zero-order chi connectivity index (χ0) is 17.4. The molecular formula is C18H26N2O4. The lowest BCUT2D eigenvalue weighted by Gasteiger charge is -2.30. The topological polar surface area (TPSA) is 81.9 Å². The van der Waals surface area contributed by atoms with Crippen molar-refractivity contribution >= 4 is 11.8 Å². The van der Waals surface area contributed by atoms with Crippen molar-refractivity contribution in [3.63, 3.8) is 0 Å². The first-order valence-corrected chi connectivity index (χ1v) is 8.53. The van der Waals surface area contributed by atoms with Crippen LogP contribution in [0, 0.1) is 5.92 Å². The van der Waals surface area contributed by atoms with Gasteiger partial charge in [-0.15, -0.1) is 0 Å². The molecule has 0 aromatic heterocycles. The molecule has 0 saturated carbocycles. The summed E-state index contributed by atoms with van der Waals surface area (Å²) in [6.07, 6.45) is 2.42. The standard InChI is InChI=1S/C18H26N2O4/c1-2-23-15-6-3-4-7-16(15)24-13-5-8-17(21)20-11-9-14(10-12-20)18(19)22/h3-4,6-7,14H,2,5,8-13H2,1H3,(H2,19,22). The summed E-state index contributed by atoms with van der Waals surface area (Å²) >= 11 is 0. The minimum absolute atomic E-state index is 0.0903. The lowest BCUT2D eigenvalue weighted by Crippen LogP contribution is -2.41. The maximum absolute atomic E-state index is 12.2. The first kappa shape index (κ1) is 18.1. The highest BCUT2D eigenvalue weighted by Crippen LogP contribution is 2.26. The Hall–Kier alpha value is -2.24. The quantitative estimate of drug-likeness (QED) is 0.737. The minimum Gasteiger partial charge on any atom is -0.490 e. The SMILES string of the molecule is CCOc1ccccc1OCCCC(=O)N1CCC(C(N)=O)CC1. The van der Waals surface area contributed by atoms with Crippen LogP contribution in [-0.2, 0) is 9.59 Å². The van der Waals surface area contributed by atoms with Crippen LogP contribution in [-0.4, -0.2) is 43.0 Å². The van der Waals surface area contributed by atoms with Gasteiger partial charge in [-0.1, -0.05) is 12.1 Å². The summed E-state index contributed by atoms with van der Waals surface area (Å²) in [7, 11) is 0. The van der Waals surface area contributed by atoms with Crippen LogP contribution in [0.5, 0.6) is 11.5 Å². The lowest BCUT2D eigenvalue weighted by atomic mass is 9.96. The number of nitrogens with zero attached hydrogens (tertiary/aromatic N) is 1. The molecule has 0 aliphatic carbocycles. The van der Waals surface area contributed by atoms with Gasteiger partial charge < -0.3 is 20.1 Å². The zero-order valence-corrected chi connectivity index (χ0v) is 14.2. The molecule has 132 valence electrons. The number of ether oxygens (including phenoxy) is 2. The lowest BCUT2D eigenvalue weighted by molar-refractivity contribution is -0.135. The van der Waals surface area contributed by atoms with E-state index in [9.17, 15) is 9.59 Å². The van der Waals surface area contributed by atoms with Crippen molar-refractivity contribution < 1.29 is 19.1 Å². The van der Waals surface area contributed by atoms with Gasteiger partial charge in [0.1, 0.15) is 0 Å². The van der Waals surface area contributed by atoms with E-state index in [2.05, 4.69) is 0 Å². The van der Waals surface area contributed by atoms with Crippen molar-refractivity contribution in [1.82, 2.24) is 4.90 Å².